The summed E-state index contributed by atoms with van der Waals surface area (Å²) in [4.78, 5) is 33.8. The lowest BCUT2D eigenvalue weighted by molar-refractivity contribution is -0.123. The van der Waals surface area contributed by atoms with E-state index in [1.807, 2.05) is 19.1 Å². The molecule has 2 amide bonds. The maximum Gasteiger partial charge on any atom is 0.235 e. The first-order valence-corrected chi connectivity index (χ1v) is 18.1. The first-order valence-electron chi connectivity index (χ1n) is 18.1. The summed E-state index contributed by atoms with van der Waals surface area (Å²) >= 11 is 0. The van der Waals surface area contributed by atoms with Crippen molar-refractivity contribution in [2.24, 2.45) is 0 Å². The molecule has 4 aliphatic rings. The molecule has 0 atom stereocenters. The van der Waals surface area contributed by atoms with Crippen LogP contribution in [0.25, 0.3) is 45.0 Å². The van der Waals surface area contributed by atoms with Crippen molar-refractivity contribution in [3.8, 4) is 45.0 Å². The molecule has 2 saturated carbocycles. The Morgan fingerprint density at radius 1 is 0.596 bits per heavy atom. The predicted molar refractivity (Wildman–Crippen MR) is 202 cm³/mol. The van der Waals surface area contributed by atoms with Crippen LogP contribution >= 0.6 is 0 Å². The molecule has 10 nitrogen and oxygen atoms in total. The van der Waals surface area contributed by atoms with E-state index < -0.39 is 0 Å². The zero-order chi connectivity index (χ0) is 35.6. The van der Waals surface area contributed by atoms with E-state index in [2.05, 4.69) is 116 Å². The van der Waals surface area contributed by atoms with Crippen molar-refractivity contribution in [2.75, 3.05) is 10.6 Å². The molecule has 0 saturated heterocycles. The van der Waals surface area contributed by atoms with Crippen LogP contribution in [0, 0.1) is 20.8 Å². The topological polar surface area (TPSA) is 141 Å². The maximum atomic E-state index is 12.6. The van der Waals surface area contributed by atoms with Crippen LogP contribution in [0.2, 0.25) is 0 Å². The number of anilines is 2. The van der Waals surface area contributed by atoms with Crippen molar-refractivity contribution >= 4 is 23.2 Å². The van der Waals surface area contributed by atoms with Crippen LogP contribution in [0.3, 0.4) is 0 Å². The highest BCUT2D eigenvalue weighted by molar-refractivity contribution is 6.08. The van der Waals surface area contributed by atoms with Gasteiger partial charge >= 0.3 is 0 Å². The number of nitrogens with zero attached hydrogens (tertiary/aromatic N) is 4. The fourth-order valence-corrected chi connectivity index (χ4v) is 8.66. The monoisotopic (exact) mass is 688 g/mol. The van der Waals surface area contributed by atoms with E-state index in [0.29, 0.717) is 5.82 Å². The molecule has 10 rings (SSSR count). The summed E-state index contributed by atoms with van der Waals surface area (Å²) in [6, 6.07) is 25.3. The second-order valence-corrected chi connectivity index (χ2v) is 14.8. The Bertz CT molecular complexity index is 2380. The molecule has 2 spiro atoms. The lowest BCUT2D eigenvalue weighted by Gasteiger charge is -2.36. The molecule has 260 valence electrons. The zero-order valence-electron chi connectivity index (χ0n) is 29.6. The van der Waals surface area contributed by atoms with E-state index >= 15 is 0 Å². The molecule has 0 bridgehead atoms. The lowest BCUT2D eigenvalue weighted by Crippen LogP contribution is -2.40. The van der Waals surface area contributed by atoms with Gasteiger partial charge in [-0.2, -0.15) is 10.2 Å². The van der Waals surface area contributed by atoms with Crippen LogP contribution in [-0.4, -0.2) is 42.2 Å². The molecule has 2 fully saturated rings. The standard InChI is InChI=1S/2C21H20N4O/c1-12-4-5-15(19-22-13(2)24-25-19)10-16(12)14-6-7-17-18(11-14)23-20(26)21(17)8-3-9-21;1-13-4-5-15(19-22-12-23-25-19)10-16(13)14-6-7-17-18(11-14)24-20(26)21(17)8-2-3-9-21/h4-7,10-11H,3,8-9H2,1-2H3,(H,23,26)(H,22,24,25);4-7,10-12H,2-3,8-9H2,1H3,(H,24,26)(H,22,23,25). The minimum absolute atomic E-state index is 0.164. The normalized spacial score (nSPS) is 17.3. The molecule has 6 aromatic rings. The van der Waals surface area contributed by atoms with E-state index in [1.165, 1.54) is 23.0 Å². The summed E-state index contributed by atoms with van der Waals surface area (Å²) in [5.74, 6) is 2.59. The summed E-state index contributed by atoms with van der Waals surface area (Å²) in [6.07, 6.45) is 8.76. The molecule has 2 aliphatic carbocycles. The Labute approximate surface area is 301 Å². The third kappa shape index (κ3) is 5.07. The van der Waals surface area contributed by atoms with Gasteiger partial charge in [-0.25, -0.2) is 9.97 Å². The Hall–Kier alpha value is -5.90. The van der Waals surface area contributed by atoms with Gasteiger partial charge in [0, 0.05) is 22.5 Å². The number of rotatable bonds is 4. The number of hydrogen-bond donors (Lipinski definition) is 4. The third-order valence-electron chi connectivity index (χ3n) is 11.7. The van der Waals surface area contributed by atoms with Crippen LogP contribution in [0.4, 0.5) is 11.4 Å². The van der Waals surface area contributed by atoms with Crippen LogP contribution in [-0.2, 0) is 20.4 Å². The Kier molecular flexibility index (Phi) is 7.46. The SMILES string of the molecule is Cc1ccc(-c2ncn[nH]2)cc1-c1ccc2c(c1)NC(=O)C21CCCC1.Cc1nc(-c2ccc(C)c(-c3ccc4c(c3)NC(=O)C43CCC3)c2)n[nH]1. The van der Waals surface area contributed by atoms with Gasteiger partial charge in [-0.05, 0) is 115 Å². The molecule has 2 aromatic heterocycles. The molecule has 0 unspecified atom stereocenters. The Morgan fingerprint density at radius 3 is 1.63 bits per heavy atom. The second-order valence-electron chi connectivity index (χ2n) is 14.8. The lowest BCUT2D eigenvalue weighted by atomic mass is 9.65. The predicted octanol–water partition coefficient (Wildman–Crippen LogP) is 8.34. The zero-order valence-corrected chi connectivity index (χ0v) is 29.6. The van der Waals surface area contributed by atoms with Crippen molar-refractivity contribution in [2.45, 2.75) is 76.5 Å². The molecule has 52 heavy (non-hydrogen) atoms. The Morgan fingerprint density at radius 2 is 1.13 bits per heavy atom. The summed E-state index contributed by atoms with van der Waals surface area (Å²) < 4.78 is 0. The largest absolute Gasteiger partial charge is 0.325 e. The number of carbonyl (C=O) groups excluding carboxylic acids is 2. The van der Waals surface area contributed by atoms with Gasteiger partial charge in [-0.3, -0.25) is 19.8 Å². The van der Waals surface area contributed by atoms with E-state index in [4.69, 9.17) is 0 Å². The molecular formula is C42H40N8O2. The van der Waals surface area contributed by atoms with Crippen molar-refractivity contribution in [3.05, 3.63) is 107 Å². The van der Waals surface area contributed by atoms with Crippen LogP contribution < -0.4 is 10.6 Å². The molecule has 2 aliphatic heterocycles. The summed E-state index contributed by atoms with van der Waals surface area (Å²) in [5, 5.41) is 20.2. The second kappa shape index (κ2) is 12.1. The first kappa shape index (κ1) is 32.0. The summed E-state index contributed by atoms with van der Waals surface area (Å²) in [5.41, 5.74) is 12.6. The average Bonchev–Trinajstić information content (AvgIpc) is 3.97. The molecule has 4 aromatic carbocycles. The summed E-state index contributed by atoms with van der Waals surface area (Å²) in [7, 11) is 0. The number of nitrogens with one attached hydrogen (secondary N) is 4. The van der Waals surface area contributed by atoms with E-state index in [9.17, 15) is 9.59 Å². The summed E-state index contributed by atoms with van der Waals surface area (Å²) in [6.45, 7) is 6.09. The first-order chi connectivity index (χ1) is 25.2. The molecular weight excluding hydrogens is 649 g/mol. The molecule has 10 heteroatoms. The average molecular weight is 689 g/mol. The molecule has 4 N–H and O–H groups in total. The fraction of sp³-hybridized carbons (Fsp3) is 0.286. The van der Waals surface area contributed by atoms with Crippen LogP contribution in [0.5, 0.6) is 0 Å². The van der Waals surface area contributed by atoms with Gasteiger partial charge in [-0.1, -0.05) is 67.8 Å². The van der Waals surface area contributed by atoms with E-state index in [-0.39, 0.29) is 22.6 Å². The third-order valence-corrected chi connectivity index (χ3v) is 11.7. The van der Waals surface area contributed by atoms with Crippen molar-refractivity contribution in [1.82, 2.24) is 30.4 Å². The fourth-order valence-electron chi connectivity index (χ4n) is 8.66. The van der Waals surface area contributed by atoms with Crippen molar-refractivity contribution in [1.29, 1.82) is 0 Å². The highest BCUT2D eigenvalue weighted by atomic mass is 16.2. The van der Waals surface area contributed by atoms with Crippen LogP contribution in [0.15, 0.2) is 79.1 Å². The maximum absolute atomic E-state index is 12.6. The highest BCUT2D eigenvalue weighted by Crippen LogP contribution is 2.52. The minimum Gasteiger partial charge on any atom is -0.325 e. The quantitative estimate of drug-likeness (QED) is 0.147. The van der Waals surface area contributed by atoms with Crippen LogP contribution in [0.1, 0.15) is 73.0 Å². The van der Waals surface area contributed by atoms with Crippen molar-refractivity contribution < 1.29 is 9.59 Å². The van der Waals surface area contributed by atoms with Gasteiger partial charge < -0.3 is 10.6 Å². The van der Waals surface area contributed by atoms with Gasteiger partial charge in [0.25, 0.3) is 0 Å². The number of H-pyrrole nitrogens is 2. The number of amides is 2. The number of aryl methyl sites for hydroxylation is 3. The minimum atomic E-state index is -0.287. The van der Waals surface area contributed by atoms with Gasteiger partial charge in [-0.15, -0.1) is 0 Å². The van der Waals surface area contributed by atoms with E-state index in [0.717, 1.165) is 107 Å². The number of aromatic amines is 2. The van der Waals surface area contributed by atoms with Gasteiger partial charge in [0.05, 0.1) is 10.8 Å². The van der Waals surface area contributed by atoms with Crippen molar-refractivity contribution in [3.63, 3.8) is 0 Å². The van der Waals surface area contributed by atoms with E-state index in [1.54, 1.807) is 0 Å². The number of fused-ring (bicyclic) bond motifs is 4. The van der Waals surface area contributed by atoms with Gasteiger partial charge in [0.2, 0.25) is 11.8 Å². The number of hydrogen-bond acceptors (Lipinski definition) is 6. The Balaban J connectivity index is 0.000000138. The smallest absolute Gasteiger partial charge is 0.235 e. The number of carbonyl (C=O) groups is 2. The molecule has 4 heterocycles. The van der Waals surface area contributed by atoms with Gasteiger partial charge in [0.15, 0.2) is 11.6 Å². The molecule has 0 radical (unpaired) electrons. The number of aromatic nitrogens is 6. The number of benzene rings is 4. The van der Waals surface area contributed by atoms with Gasteiger partial charge in [0.1, 0.15) is 12.2 Å². The highest BCUT2D eigenvalue weighted by Gasteiger charge is 2.51.